The van der Waals surface area contributed by atoms with Crippen LogP contribution < -0.4 is 15.4 Å². The van der Waals surface area contributed by atoms with Crippen molar-refractivity contribution in [2.24, 2.45) is 4.99 Å². The van der Waals surface area contributed by atoms with Crippen LogP contribution in [0.2, 0.25) is 0 Å². The van der Waals surface area contributed by atoms with E-state index in [1.807, 2.05) is 17.5 Å². The first-order valence-corrected chi connectivity index (χ1v) is 7.67. The molecule has 1 heterocycles. The molecular weight excluding hydrogens is 327 g/mol. The molecule has 2 aromatic rings. The number of nitrogens with zero attached hydrogens (tertiary/aromatic N) is 1. The van der Waals surface area contributed by atoms with Crippen molar-refractivity contribution in [1.29, 1.82) is 0 Å². The van der Waals surface area contributed by atoms with Gasteiger partial charge in [-0.2, -0.15) is 8.78 Å². The first kappa shape index (κ1) is 17.1. The molecule has 0 saturated carbocycles. The number of aliphatic imine (C=N–C) groups is 1. The third kappa shape index (κ3) is 5.17. The van der Waals surface area contributed by atoms with Crippen LogP contribution in [0.25, 0.3) is 0 Å². The van der Waals surface area contributed by atoms with Gasteiger partial charge in [0, 0.05) is 24.0 Å². The molecule has 0 atom stereocenters. The minimum absolute atomic E-state index is 0.0203. The molecule has 0 aliphatic heterocycles. The summed E-state index contributed by atoms with van der Waals surface area (Å²) in [5.41, 5.74) is 0.0203. The van der Waals surface area contributed by atoms with Gasteiger partial charge < -0.3 is 15.4 Å². The summed E-state index contributed by atoms with van der Waals surface area (Å²) in [7, 11) is 1.57. The lowest BCUT2D eigenvalue weighted by atomic mass is 10.2. The van der Waals surface area contributed by atoms with Gasteiger partial charge in [-0.3, -0.25) is 4.99 Å². The fourth-order valence-electron chi connectivity index (χ4n) is 1.89. The highest BCUT2D eigenvalue weighted by molar-refractivity contribution is 7.09. The van der Waals surface area contributed by atoms with Crippen LogP contribution in [0.15, 0.2) is 40.7 Å². The molecule has 1 aromatic heterocycles. The van der Waals surface area contributed by atoms with E-state index < -0.39 is 12.4 Å². The number of benzene rings is 1. The van der Waals surface area contributed by atoms with Crippen molar-refractivity contribution < 1.29 is 17.9 Å². The molecule has 2 N–H and O–H groups in total. The molecule has 0 fully saturated rings. The van der Waals surface area contributed by atoms with Crippen LogP contribution in [0.3, 0.4) is 0 Å². The molecule has 0 amide bonds. The molecule has 1 aromatic carbocycles. The fraction of sp³-hybridized carbons (Fsp3) is 0.267. The predicted molar refractivity (Wildman–Crippen MR) is 84.4 cm³/mol. The Labute approximate surface area is 136 Å². The van der Waals surface area contributed by atoms with Gasteiger partial charge in [0.1, 0.15) is 11.6 Å². The number of alkyl halides is 2. The van der Waals surface area contributed by atoms with E-state index in [1.54, 1.807) is 18.4 Å². The first-order valence-electron chi connectivity index (χ1n) is 6.79. The maximum Gasteiger partial charge on any atom is 0.387 e. The van der Waals surface area contributed by atoms with Crippen molar-refractivity contribution in [1.82, 2.24) is 10.6 Å². The van der Waals surface area contributed by atoms with E-state index in [0.29, 0.717) is 12.5 Å². The van der Waals surface area contributed by atoms with Crippen LogP contribution in [-0.2, 0) is 13.1 Å². The van der Waals surface area contributed by atoms with E-state index in [1.165, 1.54) is 18.2 Å². The zero-order chi connectivity index (χ0) is 16.7. The summed E-state index contributed by atoms with van der Waals surface area (Å²) in [6.07, 6.45) is 0. The summed E-state index contributed by atoms with van der Waals surface area (Å²) >= 11 is 1.59. The van der Waals surface area contributed by atoms with Crippen molar-refractivity contribution in [2.75, 3.05) is 7.05 Å². The Bertz CT molecular complexity index is 647. The summed E-state index contributed by atoms with van der Waals surface area (Å²) in [6.45, 7) is -2.47. The van der Waals surface area contributed by atoms with Crippen molar-refractivity contribution in [3.8, 4) is 5.75 Å². The third-order valence-electron chi connectivity index (χ3n) is 2.96. The van der Waals surface area contributed by atoms with Crippen LogP contribution in [-0.4, -0.2) is 19.6 Å². The van der Waals surface area contributed by atoms with Gasteiger partial charge in [0.15, 0.2) is 5.96 Å². The smallest absolute Gasteiger partial charge is 0.387 e. The molecule has 0 spiro atoms. The van der Waals surface area contributed by atoms with Gasteiger partial charge in [-0.05, 0) is 23.6 Å². The maximum atomic E-state index is 13.8. The molecule has 23 heavy (non-hydrogen) atoms. The van der Waals surface area contributed by atoms with Crippen molar-refractivity contribution >= 4 is 17.3 Å². The second-order valence-electron chi connectivity index (χ2n) is 4.45. The average Bonchev–Trinajstić information content (AvgIpc) is 3.02. The Kier molecular flexibility index (Phi) is 6.28. The molecular formula is C15H16F3N3OS. The van der Waals surface area contributed by atoms with Gasteiger partial charge in [0.25, 0.3) is 0 Å². The van der Waals surface area contributed by atoms with Crippen LogP contribution in [0, 0.1) is 5.82 Å². The molecule has 0 aliphatic carbocycles. The number of nitrogens with one attached hydrogen (secondary N) is 2. The topological polar surface area (TPSA) is 45.7 Å². The molecule has 8 heteroatoms. The predicted octanol–water partition coefficient (Wildman–Crippen LogP) is 3.35. The van der Waals surface area contributed by atoms with Crippen molar-refractivity contribution in [2.45, 2.75) is 19.7 Å². The van der Waals surface area contributed by atoms with Gasteiger partial charge in [0.05, 0.1) is 6.54 Å². The molecule has 0 radical (unpaired) electrons. The lowest BCUT2D eigenvalue weighted by Crippen LogP contribution is -2.36. The monoisotopic (exact) mass is 343 g/mol. The van der Waals surface area contributed by atoms with Crippen LogP contribution in [0.4, 0.5) is 13.2 Å². The normalized spacial score (nSPS) is 11.6. The molecule has 2 rings (SSSR count). The van der Waals surface area contributed by atoms with Gasteiger partial charge in [-0.1, -0.05) is 12.1 Å². The molecule has 0 unspecified atom stereocenters. The number of ether oxygens (including phenoxy) is 1. The second kappa shape index (κ2) is 8.42. The number of guanidine groups is 1. The maximum absolute atomic E-state index is 13.8. The Morgan fingerprint density at radius 3 is 2.65 bits per heavy atom. The molecule has 4 nitrogen and oxygen atoms in total. The Balaban J connectivity index is 1.98. The average molecular weight is 343 g/mol. The zero-order valence-electron chi connectivity index (χ0n) is 12.4. The number of rotatable bonds is 6. The highest BCUT2D eigenvalue weighted by Gasteiger charge is 2.14. The van der Waals surface area contributed by atoms with E-state index in [2.05, 4.69) is 20.4 Å². The summed E-state index contributed by atoms with van der Waals surface area (Å²) in [5.74, 6) is -0.379. The Morgan fingerprint density at radius 2 is 2.00 bits per heavy atom. The minimum atomic E-state index is -3.01. The van der Waals surface area contributed by atoms with E-state index in [9.17, 15) is 13.2 Å². The first-order chi connectivity index (χ1) is 11.1. The highest BCUT2D eigenvalue weighted by Crippen LogP contribution is 2.23. The van der Waals surface area contributed by atoms with E-state index >= 15 is 0 Å². The third-order valence-corrected chi connectivity index (χ3v) is 3.83. The molecule has 0 saturated heterocycles. The molecule has 0 bridgehead atoms. The Hall–Kier alpha value is -2.22. The van der Waals surface area contributed by atoms with Gasteiger partial charge in [0.2, 0.25) is 0 Å². The van der Waals surface area contributed by atoms with Gasteiger partial charge in [-0.25, -0.2) is 4.39 Å². The van der Waals surface area contributed by atoms with Crippen LogP contribution in [0.5, 0.6) is 5.75 Å². The van der Waals surface area contributed by atoms with Crippen molar-refractivity contribution in [3.05, 3.63) is 52.0 Å². The summed E-state index contributed by atoms with van der Waals surface area (Å²) in [6, 6.07) is 7.72. The standard InChI is InChI=1S/C15H16F3N3OS/c1-19-15(20-8-10-4-3-7-23-10)21-9-11-12(16)5-2-6-13(11)22-14(17)18/h2-7,14H,8-9H2,1H3,(H2,19,20,21). The van der Waals surface area contributed by atoms with E-state index in [0.717, 1.165) is 4.88 Å². The number of thiophene rings is 1. The SMILES string of the molecule is CN=C(NCc1cccs1)NCc1c(F)cccc1OC(F)F. The number of hydrogen-bond donors (Lipinski definition) is 2. The fourth-order valence-corrected chi connectivity index (χ4v) is 2.54. The van der Waals surface area contributed by atoms with Crippen LogP contribution >= 0.6 is 11.3 Å². The van der Waals surface area contributed by atoms with E-state index in [4.69, 9.17) is 0 Å². The summed E-state index contributed by atoms with van der Waals surface area (Å²) in [5, 5.41) is 7.90. The summed E-state index contributed by atoms with van der Waals surface area (Å²) in [4.78, 5) is 5.12. The number of halogens is 3. The zero-order valence-corrected chi connectivity index (χ0v) is 13.2. The largest absolute Gasteiger partial charge is 0.434 e. The van der Waals surface area contributed by atoms with E-state index in [-0.39, 0.29) is 17.9 Å². The van der Waals surface area contributed by atoms with Crippen LogP contribution in [0.1, 0.15) is 10.4 Å². The quantitative estimate of drug-likeness (QED) is 0.625. The lowest BCUT2D eigenvalue weighted by molar-refractivity contribution is -0.0506. The second-order valence-corrected chi connectivity index (χ2v) is 5.49. The lowest BCUT2D eigenvalue weighted by Gasteiger charge is -2.14. The Morgan fingerprint density at radius 1 is 1.22 bits per heavy atom. The van der Waals surface area contributed by atoms with Crippen molar-refractivity contribution in [3.63, 3.8) is 0 Å². The minimum Gasteiger partial charge on any atom is -0.434 e. The molecule has 124 valence electrons. The molecule has 0 aliphatic rings. The van der Waals surface area contributed by atoms with Gasteiger partial charge in [-0.15, -0.1) is 11.3 Å². The summed E-state index contributed by atoms with van der Waals surface area (Å²) < 4.78 is 42.9. The highest BCUT2D eigenvalue weighted by atomic mass is 32.1. The van der Waals surface area contributed by atoms with Gasteiger partial charge >= 0.3 is 6.61 Å². The number of hydrogen-bond acceptors (Lipinski definition) is 3.